The first-order chi connectivity index (χ1) is 13.5. The van der Waals surface area contributed by atoms with Crippen LogP contribution in [0, 0.1) is 0 Å². The van der Waals surface area contributed by atoms with E-state index in [9.17, 15) is 13.2 Å². The van der Waals surface area contributed by atoms with Crippen LogP contribution in [0.1, 0.15) is 11.6 Å². The van der Waals surface area contributed by atoms with Crippen LogP contribution in [0.2, 0.25) is 0 Å². The Labute approximate surface area is 162 Å². The molecule has 0 N–H and O–H groups in total. The smallest absolute Gasteiger partial charge is 0.433 e. The van der Waals surface area contributed by atoms with Gasteiger partial charge < -0.3 is 9.15 Å². The molecule has 8 heteroatoms. The van der Waals surface area contributed by atoms with Crippen molar-refractivity contribution >= 4 is 22.9 Å². The number of benzene rings is 2. The van der Waals surface area contributed by atoms with Gasteiger partial charge in [0.1, 0.15) is 22.7 Å². The number of rotatable bonds is 5. The number of fused-ring (bicyclic) bond motifs is 1. The Morgan fingerprint density at radius 3 is 2.57 bits per heavy atom. The van der Waals surface area contributed by atoms with Crippen molar-refractivity contribution in [1.82, 2.24) is 9.97 Å². The zero-order valence-corrected chi connectivity index (χ0v) is 15.1. The molecule has 2 heterocycles. The number of hydrogen-bond acceptors (Lipinski definition) is 5. The van der Waals surface area contributed by atoms with Crippen molar-refractivity contribution in [2.24, 2.45) is 0 Å². The Hall–Kier alpha value is -3.00. The third-order valence-electron chi connectivity index (χ3n) is 3.77. The van der Waals surface area contributed by atoms with Gasteiger partial charge in [-0.3, -0.25) is 4.98 Å². The molecule has 4 nitrogen and oxygen atoms in total. The summed E-state index contributed by atoms with van der Waals surface area (Å²) in [6.45, 7) is 0. The highest BCUT2D eigenvalue weighted by Gasteiger charge is 2.32. The van der Waals surface area contributed by atoms with Gasteiger partial charge >= 0.3 is 6.18 Å². The molecule has 4 rings (SSSR count). The van der Waals surface area contributed by atoms with Crippen LogP contribution in [0.4, 0.5) is 13.2 Å². The second-order valence-corrected chi connectivity index (χ2v) is 6.86. The highest BCUT2D eigenvalue weighted by molar-refractivity contribution is 7.98. The summed E-state index contributed by atoms with van der Waals surface area (Å²) in [6.07, 6.45) is -3.33. The average molecular weight is 402 g/mol. The molecule has 0 bridgehead atoms. The number of para-hydroxylation sites is 1. The van der Waals surface area contributed by atoms with E-state index in [1.54, 1.807) is 18.2 Å². The molecule has 0 spiro atoms. The maximum Gasteiger partial charge on any atom is 0.433 e. The van der Waals surface area contributed by atoms with E-state index < -0.39 is 11.9 Å². The summed E-state index contributed by atoms with van der Waals surface area (Å²) in [5, 5.41) is 0. The highest BCUT2D eigenvalue weighted by atomic mass is 32.2. The topological polar surface area (TPSA) is 48.2 Å². The molecule has 0 saturated heterocycles. The molecule has 142 valence electrons. The predicted octanol–water partition coefficient (Wildman–Crippen LogP) is 6.33. The average Bonchev–Trinajstić information content (AvgIpc) is 3.09. The minimum atomic E-state index is -4.47. The highest BCUT2D eigenvalue weighted by Crippen LogP contribution is 2.32. The standard InChI is InChI=1S/C20H13F3N2O2S/c21-20(22,23)18-11-15(8-9-24-18)28-12-19-25-16-7-6-14(10-17(16)27-19)26-13-4-2-1-3-5-13/h1-11H,12H2. The summed E-state index contributed by atoms with van der Waals surface area (Å²) >= 11 is 1.20. The fraction of sp³-hybridized carbons (Fsp3) is 0.100. The SMILES string of the molecule is FC(F)(F)c1cc(SCc2nc3ccc(Oc4ccccc4)cc3o2)ccn1. The number of hydrogen-bond donors (Lipinski definition) is 0. The number of pyridine rings is 1. The third kappa shape index (κ3) is 4.28. The number of oxazole rings is 1. The Kier molecular flexibility index (Phi) is 4.95. The van der Waals surface area contributed by atoms with E-state index in [2.05, 4.69) is 9.97 Å². The van der Waals surface area contributed by atoms with Crippen LogP contribution >= 0.6 is 11.8 Å². The normalized spacial score (nSPS) is 11.7. The van der Waals surface area contributed by atoms with E-state index in [0.29, 0.717) is 39.1 Å². The summed E-state index contributed by atoms with van der Waals surface area (Å²) in [4.78, 5) is 8.16. The minimum absolute atomic E-state index is 0.296. The van der Waals surface area contributed by atoms with E-state index in [4.69, 9.17) is 9.15 Å². The van der Waals surface area contributed by atoms with Crippen molar-refractivity contribution in [3.05, 3.63) is 78.4 Å². The van der Waals surface area contributed by atoms with Crippen LogP contribution in [0.5, 0.6) is 11.5 Å². The molecule has 0 radical (unpaired) electrons. The van der Waals surface area contributed by atoms with E-state index >= 15 is 0 Å². The summed E-state index contributed by atoms with van der Waals surface area (Å²) in [5.41, 5.74) is 0.286. The van der Waals surface area contributed by atoms with Gasteiger partial charge in [0.05, 0.1) is 5.75 Å². The summed E-state index contributed by atoms with van der Waals surface area (Å²) in [6, 6.07) is 17.2. The maximum atomic E-state index is 12.8. The molecule has 0 amide bonds. The van der Waals surface area contributed by atoms with Gasteiger partial charge in [0, 0.05) is 17.2 Å². The van der Waals surface area contributed by atoms with Crippen molar-refractivity contribution in [2.75, 3.05) is 0 Å². The largest absolute Gasteiger partial charge is 0.457 e. The minimum Gasteiger partial charge on any atom is -0.457 e. The first kappa shape index (κ1) is 18.4. The molecular weight excluding hydrogens is 389 g/mol. The van der Waals surface area contributed by atoms with E-state index in [1.165, 1.54) is 17.8 Å². The lowest BCUT2D eigenvalue weighted by Gasteiger charge is -2.06. The van der Waals surface area contributed by atoms with E-state index in [1.807, 2.05) is 30.3 Å². The number of ether oxygens (including phenoxy) is 1. The molecular formula is C20H13F3N2O2S. The van der Waals surface area contributed by atoms with Crippen molar-refractivity contribution < 1.29 is 22.3 Å². The van der Waals surface area contributed by atoms with E-state index in [-0.39, 0.29) is 0 Å². The lowest BCUT2D eigenvalue weighted by molar-refractivity contribution is -0.141. The summed E-state index contributed by atoms with van der Waals surface area (Å²) in [5.74, 6) is 2.03. The van der Waals surface area contributed by atoms with Crippen LogP contribution < -0.4 is 4.74 Å². The van der Waals surface area contributed by atoms with Crippen LogP contribution in [-0.4, -0.2) is 9.97 Å². The van der Waals surface area contributed by atoms with Gasteiger partial charge in [0.25, 0.3) is 0 Å². The van der Waals surface area contributed by atoms with Crippen molar-refractivity contribution in [1.29, 1.82) is 0 Å². The Morgan fingerprint density at radius 2 is 1.79 bits per heavy atom. The second kappa shape index (κ2) is 7.55. The molecule has 2 aromatic carbocycles. The molecule has 4 aromatic rings. The maximum absolute atomic E-state index is 12.8. The summed E-state index contributed by atoms with van der Waals surface area (Å²) in [7, 11) is 0. The van der Waals surface area contributed by atoms with Gasteiger partial charge in [-0.1, -0.05) is 18.2 Å². The van der Waals surface area contributed by atoms with Crippen LogP contribution in [0.25, 0.3) is 11.1 Å². The van der Waals surface area contributed by atoms with Gasteiger partial charge in [-0.2, -0.15) is 13.2 Å². The van der Waals surface area contributed by atoms with Gasteiger partial charge in [-0.25, -0.2) is 4.98 Å². The Bertz CT molecular complexity index is 1100. The van der Waals surface area contributed by atoms with Gasteiger partial charge in [0.2, 0.25) is 5.89 Å². The molecule has 0 unspecified atom stereocenters. The van der Waals surface area contributed by atoms with Crippen LogP contribution in [0.15, 0.2) is 76.2 Å². The molecule has 0 aliphatic heterocycles. The van der Waals surface area contributed by atoms with Crippen molar-refractivity contribution in [3.8, 4) is 11.5 Å². The van der Waals surface area contributed by atoms with E-state index in [0.717, 1.165) is 12.3 Å². The fourth-order valence-electron chi connectivity index (χ4n) is 2.50. The molecule has 0 fully saturated rings. The van der Waals surface area contributed by atoms with Crippen molar-refractivity contribution in [3.63, 3.8) is 0 Å². The van der Waals surface area contributed by atoms with Gasteiger partial charge in [0.15, 0.2) is 5.58 Å². The molecule has 0 aliphatic rings. The molecule has 2 aromatic heterocycles. The zero-order chi connectivity index (χ0) is 19.6. The second-order valence-electron chi connectivity index (χ2n) is 5.82. The quantitative estimate of drug-likeness (QED) is 0.365. The Morgan fingerprint density at radius 1 is 0.964 bits per heavy atom. The Balaban J connectivity index is 1.48. The number of nitrogens with zero attached hydrogens (tertiary/aromatic N) is 2. The van der Waals surface area contributed by atoms with Crippen molar-refractivity contribution in [2.45, 2.75) is 16.8 Å². The monoisotopic (exact) mass is 402 g/mol. The lowest BCUT2D eigenvalue weighted by Crippen LogP contribution is -2.07. The number of alkyl halides is 3. The number of thioether (sulfide) groups is 1. The first-order valence-corrected chi connectivity index (χ1v) is 9.24. The molecule has 0 atom stereocenters. The van der Waals surface area contributed by atoms with Gasteiger partial charge in [-0.05, 0) is 36.4 Å². The fourth-order valence-corrected chi connectivity index (χ4v) is 3.27. The summed E-state index contributed by atoms with van der Waals surface area (Å²) < 4.78 is 49.7. The molecule has 0 aliphatic carbocycles. The van der Waals surface area contributed by atoms with Gasteiger partial charge in [-0.15, -0.1) is 11.8 Å². The predicted molar refractivity (Wildman–Crippen MR) is 99.3 cm³/mol. The van der Waals surface area contributed by atoms with Crippen LogP contribution in [0.3, 0.4) is 0 Å². The van der Waals surface area contributed by atoms with Crippen LogP contribution in [-0.2, 0) is 11.9 Å². The molecule has 28 heavy (non-hydrogen) atoms. The number of halogens is 3. The number of aromatic nitrogens is 2. The first-order valence-electron chi connectivity index (χ1n) is 8.26. The zero-order valence-electron chi connectivity index (χ0n) is 14.3. The third-order valence-corrected chi connectivity index (χ3v) is 4.75. The lowest BCUT2D eigenvalue weighted by atomic mass is 10.3. The molecule has 0 saturated carbocycles.